The minimum absolute atomic E-state index is 0.0609. The molecule has 5 nitrogen and oxygen atoms in total. The largest absolute Gasteiger partial charge is 0.493 e. The fraction of sp³-hybridized carbons (Fsp3) is 0.217. The summed E-state index contributed by atoms with van der Waals surface area (Å²) < 4.78 is 11.4. The minimum atomic E-state index is -0.0609. The predicted molar refractivity (Wildman–Crippen MR) is 107 cm³/mol. The van der Waals surface area contributed by atoms with Crippen LogP contribution in [0.3, 0.4) is 0 Å². The summed E-state index contributed by atoms with van der Waals surface area (Å²) in [5, 5.41) is 0.884. The first-order valence-electron chi connectivity index (χ1n) is 9.29. The zero-order valence-electron chi connectivity index (χ0n) is 16.0. The van der Waals surface area contributed by atoms with Crippen molar-refractivity contribution in [3.8, 4) is 11.5 Å². The fourth-order valence-electron chi connectivity index (χ4n) is 3.26. The maximum atomic E-state index is 13.0. The number of H-pyrrole nitrogens is 1. The highest BCUT2D eigenvalue weighted by Gasteiger charge is 2.16. The number of ketones is 1. The Morgan fingerprint density at radius 3 is 2.75 bits per heavy atom. The summed E-state index contributed by atoms with van der Waals surface area (Å²) in [6, 6.07) is 13.5. The number of benzene rings is 2. The van der Waals surface area contributed by atoms with Crippen LogP contribution in [-0.2, 0) is 6.61 Å². The Bertz CT molecular complexity index is 1130. The second-order valence-corrected chi connectivity index (χ2v) is 6.81. The predicted octanol–water partition coefficient (Wildman–Crippen LogP) is 2.95. The molecule has 28 heavy (non-hydrogen) atoms. The summed E-state index contributed by atoms with van der Waals surface area (Å²) in [5.74, 6) is 1.09. The number of hydrogen-bond acceptors (Lipinski definition) is 4. The first-order chi connectivity index (χ1) is 13.7. The Labute approximate surface area is 163 Å². The Morgan fingerprint density at radius 2 is 1.96 bits per heavy atom. The van der Waals surface area contributed by atoms with E-state index in [1.807, 2.05) is 12.1 Å². The normalized spacial score (nSPS) is 12.5. The zero-order valence-corrected chi connectivity index (χ0v) is 16.0. The molecule has 0 radical (unpaired) electrons. The number of carbonyl (C=O) groups is 1. The molecule has 2 heterocycles. The molecule has 4 rings (SSSR count). The number of methoxy groups -OCH3 is 1. The van der Waals surface area contributed by atoms with Crippen molar-refractivity contribution in [1.29, 1.82) is 0 Å². The SMILES string of the molecule is COc1cc(C(=O)c2c[nH]c3c2=CCCN=3)ccc1OCc1ccc(C)cc1. The van der Waals surface area contributed by atoms with E-state index < -0.39 is 0 Å². The number of nitrogens with zero attached hydrogens (tertiary/aromatic N) is 1. The van der Waals surface area contributed by atoms with Crippen LogP contribution in [0.4, 0.5) is 0 Å². The average Bonchev–Trinajstić information content (AvgIpc) is 3.17. The molecular formula is C23H22N2O3. The van der Waals surface area contributed by atoms with Gasteiger partial charge in [0.15, 0.2) is 17.3 Å². The van der Waals surface area contributed by atoms with Crippen LogP contribution < -0.4 is 20.2 Å². The fourth-order valence-corrected chi connectivity index (χ4v) is 3.26. The van der Waals surface area contributed by atoms with Crippen LogP contribution in [0.2, 0.25) is 0 Å². The van der Waals surface area contributed by atoms with Crippen LogP contribution >= 0.6 is 0 Å². The smallest absolute Gasteiger partial charge is 0.195 e. The molecular weight excluding hydrogens is 352 g/mol. The summed E-state index contributed by atoms with van der Waals surface area (Å²) in [7, 11) is 1.58. The molecule has 5 heteroatoms. The summed E-state index contributed by atoms with van der Waals surface area (Å²) in [6.45, 7) is 3.24. The lowest BCUT2D eigenvalue weighted by atomic mass is 10.0. The zero-order chi connectivity index (χ0) is 19.5. The van der Waals surface area contributed by atoms with Crippen molar-refractivity contribution in [3.05, 3.63) is 81.6 Å². The van der Waals surface area contributed by atoms with Crippen LogP contribution in [0.15, 0.2) is 53.7 Å². The number of aromatic amines is 1. The van der Waals surface area contributed by atoms with Gasteiger partial charge in [0.25, 0.3) is 0 Å². The first-order valence-corrected chi connectivity index (χ1v) is 9.29. The van der Waals surface area contributed by atoms with Crippen molar-refractivity contribution < 1.29 is 14.3 Å². The third-order valence-electron chi connectivity index (χ3n) is 4.83. The van der Waals surface area contributed by atoms with E-state index in [-0.39, 0.29) is 5.78 Å². The second-order valence-electron chi connectivity index (χ2n) is 6.81. The van der Waals surface area contributed by atoms with E-state index in [1.54, 1.807) is 31.5 Å². The number of nitrogens with one attached hydrogen (secondary N) is 1. The monoisotopic (exact) mass is 374 g/mol. The van der Waals surface area contributed by atoms with E-state index in [0.29, 0.717) is 29.2 Å². The van der Waals surface area contributed by atoms with Gasteiger partial charge in [0.1, 0.15) is 12.1 Å². The molecule has 0 spiro atoms. The number of aryl methyl sites for hydroxylation is 1. The van der Waals surface area contributed by atoms with Crippen LogP contribution in [0, 0.1) is 6.92 Å². The van der Waals surface area contributed by atoms with Gasteiger partial charge in [-0.15, -0.1) is 0 Å². The van der Waals surface area contributed by atoms with Crippen molar-refractivity contribution in [3.63, 3.8) is 0 Å². The van der Waals surface area contributed by atoms with Crippen molar-refractivity contribution in [2.75, 3.05) is 13.7 Å². The van der Waals surface area contributed by atoms with Gasteiger partial charge in [-0.05, 0) is 37.1 Å². The van der Waals surface area contributed by atoms with Crippen LogP contribution in [-0.4, -0.2) is 24.4 Å². The standard InChI is InChI=1S/C23H22N2O3/c1-15-5-7-16(8-6-15)14-28-20-10-9-17(12-21(20)27-2)22(26)19-13-25-23-18(19)4-3-11-24-23/h4-10,12-13H,3,11,14H2,1-2H3,(H,24,25). The molecule has 0 fully saturated rings. The lowest BCUT2D eigenvalue weighted by molar-refractivity contribution is 0.103. The molecule has 0 saturated heterocycles. The van der Waals surface area contributed by atoms with Crippen molar-refractivity contribution in [1.82, 2.24) is 4.98 Å². The number of aromatic nitrogens is 1. The molecule has 0 bridgehead atoms. The van der Waals surface area contributed by atoms with Crippen LogP contribution in [0.1, 0.15) is 33.5 Å². The molecule has 0 saturated carbocycles. The Hall–Kier alpha value is -3.34. The Kier molecular flexibility index (Phi) is 4.98. The molecule has 1 aliphatic rings. The number of ether oxygens (including phenoxy) is 2. The molecule has 0 amide bonds. The first kappa shape index (κ1) is 18.0. The maximum absolute atomic E-state index is 13.0. The van der Waals surface area contributed by atoms with Gasteiger partial charge in [-0.2, -0.15) is 0 Å². The summed E-state index contributed by atoms with van der Waals surface area (Å²) in [4.78, 5) is 20.5. The average molecular weight is 374 g/mol. The van der Waals surface area contributed by atoms with Gasteiger partial charge >= 0.3 is 0 Å². The number of hydrogen-bond donors (Lipinski definition) is 1. The van der Waals surface area contributed by atoms with Gasteiger partial charge in [-0.3, -0.25) is 9.79 Å². The minimum Gasteiger partial charge on any atom is -0.493 e. The Morgan fingerprint density at radius 1 is 1.14 bits per heavy atom. The van der Waals surface area contributed by atoms with E-state index in [2.05, 4.69) is 35.1 Å². The van der Waals surface area contributed by atoms with Gasteiger partial charge in [0.05, 0.1) is 7.11 Å². The third kappa shape index (κ3) is 3.56. The summed E-state index contributed by atoms with van der Waals surface area (Å²) in [6.07, 6.45) is 4.63. The summed E-state index contributed by atoms with van der Waals surface area (Å²) >= 11 is 0. The quantitative estimate of drug-likeness (QED) is 0.675. The van der Waals surface area contributed by atoms with Crippen LogP contribution in [0.25, 0.3) is 6.08 Å². The van der Waals surface area contributed by atoms with Crippen LogP contribution in [0.5, 0.6) is 11.5 Å². The van der Waals surface area contributed by atoms with Crippen molar-refractivity contribution >= 4 is 11.9 Å². The van der Waals surface area contributed by atoms with E-state index >= 15 is 0 Å². The topological polar surface area (TPSA) is 63.7 Å². The van der Waals surface area contributed by atoms with Crippen molar-refractivity contribution in [2.45, 2.75) is 20.0 Å². The third-order valence-corrected chi connectivity index (χ3v) is 4.83. The highest BCUT2D eigenvalue weighted by Crippen LogP contribution is 2.29. The molecule has 1 N–H and O–H groups in total. The van der Waals surface area contributed by atoms with Gasteiger partial charge in [-0.1, -0.05) is 35.9 Å². The second kappa shape index (κ2) is 7.72. The molecule has 2 aromatic carbocycles. The highest BCUT2D eigenvalue weighted by atomic mass is 16.5. The number of carbonyl (C=O) groups excluding carboxylic acids is 1. The van der Waals surface area contributed by atoms with E-state index in [9.17, 15) is 4.79 Å². The lowest BCUT2D eigenvalue weighted by Crippen LogP contribution is -2.30. The molecule has 0 aliphatic carbocycles. The molecule has 1 aliphatic heterocycles. The number of rotatable bonds is 6. The summed E-state index contributed by atoms with van der Waals surface area (Å²) in [5.41, 5.74) is 4.25. The molecule has 0 atom stereocenters. The van der Waals surface area contributed by atoms with E-state index in [4.69, 9.17) is 9.47 Å². The van der Waals surface area contributed by atoms with Crippen molar-refractivity contribution in [2.24, 2.45) is 4.99 Å². The van der Waals surface area contributed by atoms with Gasteiger partial charge in [-0.25, -0.2) is 0 Å². The lowest BCUT2D eigenvalue weighted by Gasteiger charge is -2.12. The molecule has 1 aromatic heterocycles. The highest BCUT2D eigenvalue weighted by molar-refractivity contribution is 6.09. The Balaban J connectivity index is 1.57. The van der Waals surface area contributed by atoms with E-state index in [1.165, 1.54) is 5.56 Å². The maximum Gasteiger partial charge on any atom is 0.195 e. The van der Waals surface area contributed by atoms with Gasteiger partial charge < -0.3 is 14.5 Å². The molecule has 0 unspecified atom stereocenters. The van der Waals surface area contributed by atoms with E-state index in [0.717, 1.165) is 29.2 Å². The molecule has 142 valence electrons. The molecule has 3 aromatic rings. The van der Waals surface area contributed by atoms with Gasteiger partial charge in [0.2, 0.25) is 0 Å². The van der Waals surface area contributed by atoms with Gasteiger partial charge in [0, 0.05) is 29.1 Å². The number of fused-ring (bicyclic) bond motifs is 1.